The van der Waals surface area contributed by atoms with Gasteiger partial charge in [0, 0.05) is 37.2 Å². The van der Waals surface area contributed by atoms with Crippen molar-refractivity contribution in [2.24, 2.45) is 11.8 Å². The Morgan fingerprint density at radius 2 is 1.09 bits per heavy atom. The zero-order valence-corrected chi connectivity index (χ0v) is 27.6. The SMILES string of the molecule is CC(C)C1C(=O)NCCc2ccc(cc2)Oc2ccc(cc2)NC(=O)C(C(C)C)N(C(C)C)C(=O)CCCC(=O)N1C(C)C. The highest BCUT2D eigenvalue weighted by Gasteiger charge is 2.36. The van der Waals surface area contributed by atoms with E-state index in [0.29, 0.717) is 36.6 Å². The van der Waals surface area contributed by atoms with E-state index in [4.69, 9.17) is 4.74 Å². The molecular weight excluding hydrogens is 556 g/mol. The number of benzene rings is 2. The quantitative estimate of drug-likeness (QED) is 0.459. The molecule has 3 aliphatic heterocycles. The first-order valence-electron chi connectivity index (χ1n) is 15.9. The summed E-state index contributed by atoms with van der Waals surface area (Å²) >= 11 is 0. The summed E-state index contributed by atoms with van der Waals surface area (Å²) in [6, 6.07) is 13.1. The van der Waals surface area contributed by atoms with Crippen LogP contribution in [-0.4, -0.2) is 64.1 Å². The van der Waals surface area contributed by atoms with Gasteiger partial charge in [-0.05, 0) is 94.3 Å². The fraction of sp³-hybridized carbons (Fsp3) is 0.543. The second kappa shape index (κ2) is 15.7. The van der Waals surface area contributed by atoms with Gasteiger partial charge in [0.2, 0.25) is 23.6 Å². The third-order valence-corrected chi connectivity index (χ3v) is 7.86. The van der Waals surface area contributed by atoms with E-state index in [1.54, 1.807) is 34.1 Å². The first-order valence-corrected chi connectivity index (χ1v) is 15.9. The maximum Gasteiger partial charge on any atom is 0.247 e. The molecule has 0 aliphatic carbocycles. The Bertz CT molecular complexity index is 1270. The predicted octanol–water partition coefficient (Wildman–Crippen LogP) is 5.78. The molecule has 2 aromatic rings. The van der Waals surface area contributed by atoms with E-state index in [1.807, 2.05) is 79.7 Å². The van der Waals surface area contributed by atoms with Crippen LogP contribution in [0.25, 0.3) is 0 Å². The number of amides is 4. The summed E-state index contributed by atoms with van der Waals surface area (Å²) in [7, 11) is 0. The lowest BCUT2D eigenvalue weighted by Gasteiger charge is -2.37. The van der Waals surface area contributed by atoms with E-state index in [2.05, 4.69) is 10.6 Å². The van der Waals surface area contributed by atoms with E-state index in [9.17, 15) is 19.2 Å². The van der Waals surface area contributed by atoms with Gasteiger partial charge >= 0.3 is 0 Å². The monoisotopic (exact) mass is 606 g/mol. The van der Waals surface area contributed by atoms with Crippen molar-refractivity contribution in [1.29, 1.82) is 0 Å². The molecule has 0 saturated carbocycles. The van der Waals surface area contributed by atoms with Gasteiger partial charge < -0.3 is 25.2 Å². The molecule has 0 saturated heterocycles. The van der Waals surface area contributed by atoms with Crippen LogP contribution < -0.4 is 15.4 Å². The van der Waals surface area contributed by atoms with Crippen LogP contribution in [0.3, 0.4) is 0 Å². The van der Waals surface area contributed by atoms with Crippen molar-refractivity contribution in [3.63, 3.8) is 0 Å². The second-order valence-electron chi connectivity index (χ2n) is 12.8. The molecule has 2 aromatic carbocycles. The Morgan fingerprint density at radius 3 is 1.55 bits per heavy atom. The van der Waals surface area contributed by atoms with E-state index in [-0.39, 0.29) is 60.4 Å². The molecule has 240 valence electrons. The molecule has 9 heteroatoms. The Kier molecular flexibility index (Phi) is 12.4. The summed E-state index contributed by atoms with van der Waals surface area (Å²) in [4.78, 5) is 57.4. The lowest BCUT2D eigenvalue weighted by atomic mass is 9.98. The summed E-state index contributed by atoms with van der Waals surface area (Å²) in [5.41, 5.74) is 1.65. The second-order valence-corrected chi connectivity index (χ2v) is 12.8. The van der Waals surface area contributed by atoms with Crippen LogP contribution in [0, 0.1) is 11.8 Å². The number of anilines is 1. The molecule has 9 nitrogen and oxygen atoms in total. The van der Waals surface area contributed by atoms with Crippen LogP contribution >= 0.6 is 0 Å². The molecule has 0 aromatic heterocycles. The van der Waals surface area contributed by atoms with Crippen molar-refractivity contribution in [2.75, 3.05) is 11.9 Å². The Balaban J connectivity index is 1.94. The average molecular weight is 607 g/mol. The van der Waals surface area contributed by atoms with E-state index >= 15 is 0 Å². The highest BCUT2D eigenvalue weighted by molar-refractivity contribution is 5.97. The smallest absolute Gasteiger partial charge is 0.247 e. The molecule has 4 bridgehead atoms. The minimum absolute atomic E-state index is 0.103. The van der Waals surface area contributed by atoms with Crippen molar-refractivity contribution in [2.45, 2.75) is 105 Å². The van der Waals surface area contributed by atoms with Crippen molar-refractivity contribution >= 4 is 29.3 Å². The van der Waals surface area contributed by atoms with E-state index in [0.717, 1.165) is 5.56 Å². The van der Waals surface area contributed by atoms with Crippen molar-refractivity contribution < 1.29 is 23.9 Å². The van der Waals surface area contributed by atoms with Gasteiger partial charge in [-0.15, -0.1) is 0 Å². The van der Waals surface area contributed by atoms with E-state index < -0.39 is 12.1 Å². The minimum atomic E-state index is -0.695. The van der Waals surface area contributed by atoms with Gasteiger partial charge in [-0.3, -0.25) is 19.2 Å². The van der Waals surface area contributed by atoms with Gasteiger partial charge in [0.1, 0.15) is 23.6 Å². The van der Waals surface area contributed by atoms with Crippen molar-refractivity contribution in [3.05, 3.63) is 54.1 Å². The molecule has 2 unspecified atom stereocenters. The maximum absolute atomic E-state index is 13.6. The average Bonchev–Trinajstić information content (AvgIpc) is 2.94. The fourth-order valence-corrected chi connectivity index (χ4v) is 5.80. The highest BCUT2D eigenvalue weighted by Crippen LogP contribution is 2.25. The van der Waals surface area contributed by atoms with Gasteiger partial charge in [-0.1, -0.05) is 39.8 Å². The Morgan fingerprint density at radius 1 is 0.636 bits per heavy atom. The number of carbonyl (C=O) groups excluding carboxylic acids is 4. The third kappa shape index (κ3) is 9.07. The summed E-state index contributed by atoms with van der Waals surface area (Å²) in [5.74, 6) is 0.245. The molecule has 3 heterocycles. The van der Waals surface area contributed by atoms with Crippen LogP contribution in [-0.2, 0) is 25.6 Å². The van der Waals surface area contributed by atoms with Gasteiger partial charge in [0.15, 0.2) is 0 Å². The van der Waals surface area contributed by atoms with Crippen molar-refractivity contribution in [1.82, 2.24) is 15.1 Å². The number of nitrogens with zero attached hydrogens (tertiary/aromatic N) is 2. The van der Waals surface area contributed by atoms with Crippen LogP contribution in [0.15, 0.2) is 48.5 Å². The normalized spacial score (nSPS) is 19.9. The van der Waals surface area contributed by atoms with Crippen LogP contribution in [0.1, 0.15) is 80.2 Å². The summed E-state index contributed by atoms with van der Waals surface area (Å²) in [6.07, 6.45) is 1.20. The number of rotatable bonds is 4. The lowest BCUT2D eigenvalue weighted by Crippen LogP contribution is -2.55. The molecule has 4 amide bonds. The lowest BCUT2D eigenvalue weighted by molar-refractivity contribution is -0.145. The number of ether oxygens (including phenoxy) is 1. The number of hydrogen-bond donors (Lipinski definition) is 2. The highest BCUT2D eigenvalue weighted by atomic mass is 16.5. The van der Waals surface area contributed by atoms with Gasteiger partial charge in [0.05, 0.1) is 0 Å². The number of nitrogens with one attached hydrogen (secondary N) is 2. The topological polar surface area (TPSA) is 108 Å². The molecule has 5 rings (SSSR count). The maximum atomic E-state index is 13.6. The van der Waals surface area contributed by atoms with Gasteiger partial charge in [-0.25, -0.2) is 0 Å². The number of carbonyl (C=O) groups is 4. The number of hydrogen-bond acceptors (Lipinski definition) is 5. The summed E-state index contributed by atoms with van der Waals surface area (Å²) in [6.45, 7) is 15.8. The zero-order chi connectivity index (χ0) is 32.6. The standard InChI is InChI=1S/C35H50N4O5/c1-22(2)32-34(42)36-21-20-26-12-16-28(17-13-26)44-29-18-14-27(15-19-29)37-35(43)33(23(3)4)39(25(7)8)31(41)11-9-10-30(40)38(32)24(5)6/h12-19,22-25,32-33H,9-11,20-21H2,1-8H3,(H,36,42)(H,37,43). The largest absolute Gasteiger partial charge is 0.457 e. The first-order chi connectivity index (χ1) is 20.8. The van der Waals surface area contributed by atoms with E-state index in [1.165, 1.54) is 0 Å². The number of fused-ring (bicyclic) bond motifs is 2. The van der Waals surface area contributed by atoms with Crippen LogP contribution in [0.2, 0.25) is 0 Å². The third-order valence-electron chi connectivity index (χ3n) is 7.86. The first kappa shape index (κ1) is 34.6. The summed E-state index contributed by atoms with van der Waals surface area (Å²) in [5, 5.41) is 6.01. The molecule has 0 fully saturated rings. The molecule has 2 N–H and O–H groups in total. The molecule has 0 radical (unpaired) electrons. The fourth-order valence-electron chi connectivity index (χ4n) is 5.80. The Labute approximate surface area is 262 Å². The summed E-state index contributed by atoms with van der Waals surface area (Å²) < 4.78 is 6.00. The predicted molar refractivity (Wildman–Crippen MR) is 173 cm³/mol. The van der Waals surface area contributed by atoms with Crippen LogP contribution in [0.4, 0.5) is 5.69 Å². The molecular formula is C35H50N4O5. The van der Waals surface area contributed by atoms with Crippen LogP contribution in [0.5, 0.6) is 11.5 Å². The Hall–Kier alpha value is -3.88. The molecule has 0 spiro atoms. The van der Waals surface area contributed by atoms with Gasteiger partial charge in [0.25, 0.3) is 0 Å². The molecule has 3 aliphatic rings. The van der Waals surface area contributed by atoms with Crippen molar-refractivity contribution in [3.8, 4) is 11.5 Å². The minimum Gasteiger partial charge on any atom is -0.457 e. The molecule has 44 heavy (non-hydrogen) atoms. The molecule has 2 atom stereocenters. The van der Waals surface area contributed by atoms with Gasteiger partial charge in [-0.2, -0.15) is 0 Å². The zero-order valence-electron chi connectivity index (χ0n) is 27.6.